The molecule has 0 aromatic carbocycles. The van der Waals surface area contributed by atoms with Crippen molar-refractivity contribution in [2.24, 2.45) is 0 Å². The molecule has 0 aromatic rings. The van der Waals surface area contributed by atoms with Gasteiger partial charge in [-0.25, -0.2) is 0 Å². The van der Waals surface area contributed by atoms with E-state index < -0.39 is 85.1 Å². The van der Waals surface area contributed by atoms with E-state index in [2.05, 4.69) is 20.7 Å². The predicted octanol–water partition coefficient (Wildman–Crippen LogP) is -2.56. The third kappa shape index (κ3) is 4.63. The van der Waals surface area contributed by atoms with Crippen LogP contribution in [0.2, 0.25) is 0 Å². The summed E-state index contributed by atoms with van der Waals surface area (Å²) in [6.07, 6.45) is -13.5. The Morgan fingerprint density at radius 2 is 1.56 bits per heavy atom. The molecule has 0 aliphatic heterocycles. The van der Waals surface area contributed by atoms with Crippen LogP contribution in [0.25, 0.3) is 0 Å². The molecule has 25 heavy (non-hydrogen) atoms. The van der Waals surface area contributed by atoms with Crippen molar-refractivity contribution in [1.82, 2.24) is 0 Å². The number of hydrogen-bond donors (Lipinski definition) is 4. The summed E-state index contributed by atoms with van der Waals surface area (Å²) in [6.45, 7) is -2.01. The molecule has 0 fully saturated rings. The van der Waals surface area contributed by atoms with Crippen molar-refractivity contribution in [3.63, 3.8) is 0 Å². The Morgan fingerprint density at radius 3 is 1.96 bits per heavy atom. The molecule has 142 valence electrons. The minimum Gasteiger partial charge on any atom is -0.388 e. The van der Waals surface area contributed by atoms with Gasteiger partial charge in [0.2, 0.25) is 4.69 Å². The topological polar surface area (TPSA) is 176 Å². The van der Waals surface area contributed by atoms with Gasteiger partial charge < -0.3 is 44.3 Å². The largest absolute Gasteiger partial charge is 0.388 e. The fourth-order valence-electron chi connectivity index (χ4n) is 2.24. The van der Waals surface area contributed by atoms with Gasteiger partial charge in [-0.05, 0) is 15.9 Å². The fraction of sp³-hybridized carbons (Fsp3) is 0.643. The summed E-state index contributed by atoms with van der Waals surface area (Å²) < 4.78 is 30.7. The second-order valence-corrected chi connectivity index (χ2v) is 5.78. The van der Waals surface area contributed by atoms with Crippen LogP contribution < -0.4 is 0 Å². The van der Waals surface area contributed by atoms with E-state index in [9.17, 15) is 44.4 Å². The molecule has 10 nitrogen and oxygen atoms in total. The highest BCUT2D eigenvalue weighted by Crippen LogP contribution is 2.43. The average Bonchev–Trinajstić information content (AvgIpc) is 2.51. The maximum Gasteiger partial charge on any atom is 0.232 e. The Morgan fingerprint density at radius 1 is 1.04 bits per heavy atom. The second-order valence-electron chi connectivity index (χ2n) is 5.06. The molecule has 0 heterocycles. The van der Waals surface area contributed by atoms with E-state index in [0.29, 0.717) is 0 Å². The van der Waals surface area contributed by atoms with Gasteiger partial charge in [0.05, 0.1) is 6.61 Å². The minimum atomic E-state index is -3.64. The molecule has 0 aromatic heterocycles. The van der Waals surface area contributed by atoms with E-state index in [1.165, 1.54) is 0 Å². The predicted molar refractivity (Wildman–Crippen MR) is 83.7 cm³/mol. The maximum atomic E-state index is 12.0. The SMILES string of the molecule is [2H]C(=O)COC[C@@H](O)[C@](O)(CC([2H])=O)[C@@](O)(CC([2H])=O)[C@](O)(CC([2H])=O)C(=O)Br. The molecule has 0 amide bonds. The van der Waals surface area contributed by atoms with Crippen LogP contribution in [0.1, 0.15) is 24.7 Å². The maximum absolute atomic E-state index is 12.0. The van der Waals surface area contributed by atoms with Crippen molar-refractivity contribution in [3.8, 4) is 0 Å². The number of carbonyl (C=O) groups is 5. The number of ether oxygens (including phenoxy) is 1. The van der Waals surface area contributed by atoms with Crippen molar-refractivity contribution in [2.45, 2.75) is 42.2 Å². The molecule has 0 saturated carbocycles. The molecule has 0 unspecified atom stereocenters. The number of halogens is 1. The zero-order valence-corrected chi connectivity index (χ0v) is 14.3. The Hall–Kier alpha value is -1.37. The molecule has 0 aliphatic carbocycles. The van der Waals surface area contributed by atoms with E-state index in [-0.39, 0.29) is 0 Å². The number of hydrogen-bond acceptors (Lipinski definition) is 10. The van der Waals surface area contributed by atoms with Gasteiger partial charge in [0, 0.05) is 19.3 Å². The Bertz CT molecular complexity index is 691. The summed E-state index contributed by atoms with van der Waals surface area (Å²) in [7, 11) is 0. The first kappa shape index (κ1) is 17.1. The van der Waals surface area contributed by atoms with Crippen LogP contribution in [0, 0.1) is 0 Å². The first-order chi connectivity index (χ1) is 13.0. The van der Waals surface area contributed by atoms with Crippen LogP contribution in [-0.2, 0) is 28.7 Å². The van der Waals surface area contributed by atoms with Gasteiger partial charge in [-0.1, -0.05) is 0 Å². The summed E-state index contributed by atoms with van der Waals surface area (Å²) >= 11 is 2.25. The fourth-order valence-corrected chi connectivity index (χ4v) is 2.71. The number of rotatable bonds is 14. The number of aldehydes is 4. The van der Waals surface area contributed by atoms with Gasteiger partial charge >= 0.3 is 0 Å². The van der Waals surface area contributed by atoms with E-state index >= 15 is 0 Å². The summed E-state index contributed by atoms with van der Waals surface area (Å²) in [4.78, 5) is 56.5. The molecule has 0 aliphatic rings. The highest BCUT2D eigenvalue weighted by Gasteiger charge is 2.66. The molecule has 11 heteroatoms. The van der Waals surface area contributed by atoms with Gasteiger partial charge in [-0.3, -0.25) is 4.79 Å². The molecular formula is C14H19BrO10. The van der Waals surface area contributed by atoms with E-state index in [1.807, 2.05) is 0 Å². The number of aliphatic hydroxyl groups excluding tert-OH is 1. The zero-order valence-electron chi connectivity index (χ0n) is 16.7. The smallest absolute Gasteiger partial charge is 0.232 e. The third-order valence-corrected chi connectivity index (χ3v) is 4.37. The molecule has 4 atom stereocenters. The van der Waals surface area contributed by atoms with Crippen LogP contribution in [0.3, 0.4) is 0 Å². The van der Waals surface area contributed by atoms with E-state index in [1.54, 1.807) is 0 Å². The van der Waals surface area contributed by atoms with E-state index in [0.717, 1.165) is 0 Å². The first-order valence-electron chi connectivity index (χ1n) is 8.64. The van der Waals surface area contributed by atoms with Crippen LogP contribution in [-0.4, -0.2) is 86.3 Å². The summed E-state index contributed by atoms with van der Waals surface area (Å²) in [5.74, 6) is 0. The van der Waals surface area contributed by atoms with Crippen molar-refractivity contribution < 1.29 is 54.6 Å². The summed E-state index contributed by atoms with van der Waals surface area (Å²) in [5.41, 5.74) is -10.6. The van der Waals surface area contributed by atoms with Gasteiger partial charge in [0.1, 0.15) is 54.4 Å². The molecule has 0 spiro atoms. The van der Waals surface area contributed by atoms with E-state index in [4.69, 9.17) is 5.48 Å². The highest BCUT2D eigenvalue weighted by molar-refractivity contribution is 9.18. The Kier molecular flexibility index (Phi) is 6.79. The Balaban J connectivity index is 6.61. The second kappa shape index (κ2) is 9.94. The van der Waals surface area contributed by atoms with Gasteiger partial charge in [0.15, 0.2) is 5.60 Å². The van der Waals surface area contributed by atoms with Crippen LogP contribution in [0.15, 0.2) is 0 Å². The molecule has 0 saturated heterocycles. The number of carbonyl (C=O) groups excluding carboxylic acids is 5. The Labute approximate surface area is 156 Å². The normalized spacial score (nSPS) is 21.8. The van der Waals surface area contributed by atoms with Crippen LogP contribution >= 0.6 is 15.9 Å². The van der Waals surface area contributed by atoms with Crippen LogP contribution in [0.5, 0.6) is 0 Å². The standard InChI is InChI=1S/C14H19BrO10/c15-11(21)13(23,2-5-17)14(24,3-6-18)12(22,1-4-16)10(20)9-25-8-7-19/h4-7,10,20,22-24H,1-3,8-9H2/t10-,12-,13+,14+/m1/s1/i4D,5D,6D,7D. The lowest BCUT2D eigenvalue weighted by atomic mass is 9.65. The molecule has 0 rings (SSSR count). The van der Waals surface area contributed by atoms with Crippen molar-refractivity contribution in [3.05, 3.63) is 0 Å². The lowest BCUT2D eigenvalue weighted by molar-refractivity contribution is -0.267. The average molecular weight is 431 g/mol. The zero-order chi connectivity index (χ0) is 23.2. The molecular weight excluding hydrogens is 408 g/mol. The van der Waals surface area contributed by atoms with Gasteiger partial charge in [-0.2, -0.15) is 0 Å². The lowest BCUT2D eigenvalue weighted by Gasteiger charge is -2.51. The number of aliphatic hydroxyl groups is 4. The quantitative estimate of drug-likeness (QED) is 0.169. The summed E-state index contributed by atoms with van der Waals surface area (Å²) in [5, 5.41) is 42.8. The van der Waals surface area contributed by atoms with Crippen molar-refractivity contribution in [2.75, 3.05) is 13.2 Å². The van der Waals surface area contributed by atoms with Crippen molar-refractivity contribution in [1.29, 1.82) is 0 Å². The lowest BCUT2D eigenvalue weighted by Crippen LogP contribution is -2.74. The minimum absolute atomic E-state index is 0.912. The molecule has 0 radical (unpaired) electrons. The highest BCUT2D eigenvalue weighted by atomic mass is 79.9. The van der Waals surface area contributed by atoms with Gasteiger partial charge in [-0.15, -0.1) is 0 Å². The molecule has 4 N–H and O–H groups in total. The van der Waals surface area contributed by atoms with Crippen LogP contribution in [0.4, 0.5) is 0 Å². The van der Waals surface area contributed by atoms with Crippen molar-refractivity contribution >= 4 is 45.7 Å². The third-order valence-electron chi connectivity index (χ3n) is 3.71. The molecule has 0 bridgehead atoms. The van der Waals surface area contributed by atoms with Gasteiger partial charge in [0.25, 0.3) is 0 Å². The first-order valence-corrected chi connectivity index (χ1v) is 7.43. The monoisotopic (exact) mass is 430 g/mol. The summed E-state index contributed by atoms with van der Waals surface area (Å²) in [6, 6.07) is 0.